The fourth-order valence-electron chi connectivity index (χ4n) is 4.64. The molecular weight excluding hydrogens is 428 g/mol. The summed E-state index contributed by atoms with van der Waals surface area (Å²) in [5.74, 6) is -1.24. The zero-order valence-electron chi connectivity index (χ0n) is 20.8. The number of benzene rings is 2. The minimum Gasteiger partial charge on any atom is -0.475 e. The van der Waals surface area contributed by atoms with Crippen molar-refractivity contribution in [2.75, 3.05) is 6.61 Å². The van der Waals surface area contributed by atoms with Crippen LogP contribution in [0.15, 0.2) is 47.5 Å². The second-order valence-corrected chi connectivity index (χ2v) is 9.59. The Kier molecular flexibility index (Phi) is 11.6. The van der Waals surface area contributed by atoms with Gasteiger partial charge in [0.2, 0.25) is 5.90 Å². The van der Waals surface area contributed by atoms with Crippen LogP contribution in [0.5, 0.6) is 0 Å². The monoisotopic (exact) mass is 469 g/mol. The van der Waals surface area contributed by atoms with E-state index < -0.39 is 11.6 Å². The van der Waals surface area contributed by atoms with Crippen LogP contribution in [0.4, 0.5) is 8.78 Å². The van der Waals surface area contributed by atoms with Crippen molar-refractivity contribution in [3.05, 3.63) is 70.8 Å². The van der Waals surface area contributed by atoms with E-state index >= 15 is 0 Å². The largest absolute Gasteiger partial charge is 0.475 e. The highest BCUT2D eigenvalue weighted by molar-refractivity contribution is 5.95. The van der Waals surface area contributed by atoms with Gasteiger partial charge in [0.05, 0.1) is 0 Å². The number of hydrogen-bond acceptors (Lipinski definition) is 2. The molecule has 0 radical (unpaired) electrons. The van der Waals surface area contributed by atoms with Crippen LogP contribution in [-0.2, 0) is 11.2 Å². The van der Waals surface area contributed by atoms with E-state index in [1.54, 1.807) is 0 Å². The van der Waals surface area contributed by atoms with Gasteiger partial charge in [-0.25, -0.2) is 13.8 Å². The van der Waals surface area contributed by atoms with Crippen molar-refractivity contribution in [2.24, 2.45) is 4.99 Å². The molecule has 2 aromatic carbocycles. The normalized spacial score (nSPS) is 15.4. The van der Waals surface area contributed by atoms with E-state index in [0.717, 1.165) is 12.0 Å². The fraction of sp³-hybridized carbons (Fsp3) is 0.567. The first-order chi connectivity index (χ1) is 16.7. The Morgan fingerprint density at radius 2 is 1.26 bits per heavy atom. The molecule has 1 aliphatic heterocycles. The summed E-state index contributed by atoms with van der Waals surface area (Å²) in [6.07, 6.45) is 18.9. The number of nitrogens with zero attached hydrogens (tertiary/aromatic N) is 1. The van der Waals surface area contributed by atoms with Crippen LogP contribution in [-0.4, -0.2) is 12.5 Å². The second-order valence-electron chi connectivity index (χ2n) is 9.59. The van der Waals surface area contributed by atoms with Gasteiger partial charge in [-0.2, -0.15) is 0 Å². The molecule has 0 aromatic heterocycles. The SMILES string of the molecule is CCCCCCCCCCCCCCCc1ccc(C2COC(c3c(F)cccc3F)=N2)cc1. The highest BCUT2D eigenvalue weighted by Crippen LogP contribution is 2.27. The lowest BCUT2D eigenvalue weighted by Gasteiger charge is -2.07. The molecule has 0 bridgehead atoms. The number of aliphatic imine (C=N–C) groups is 1. The molecule has 1 aliphatic rings. The third-order valence-corrected chi connectivity index (χ3v) is 6.76. The van der Waals surface area contributed by atoms with Gasteiger partial charge >= 0.3 is 0 Å². The lowest BCUT2D eigenvalue weighted by Crippen LogP contribution is -2.07. The van der Waals surface area contributed by atoms with Crippen molar-refractivity contribution in [1.82, 2.24) is 0 Å². The first-order valence-electron chi connectivity index (χ1n) is 13.4. The molecule has 1 unspecified atom stereocenters. The standard InChI is InChI=1S/C30H41F2NO/c1-2-3-4-5-6-7-8-9-10-11-12-13-14-16-24-19-21-25(22-20-24)28-23-34-30(33-28)29-26(31)17-15-18-27(29)32/h15,17-22,28H,2-14,16,23H2,1H3. The van der Waals surface area contributed by atoms with E-state index in [9.17, 15) is 8.78 Å². The molecule has 186 valence electrons. The summed E-state index contributed by atoms with van der Waals surface area (Å²) in [6, 6.07) is 12.0. The minimum atomic E-state index is -0.646. The van der Waals surface area contributed by atoms with Crippen LogP contribution in [0.25, 0.3) is 0 Å². The Bertz CT molecular complexity index is 858. The lowest BCUT2D eigenvalue weighted by molar-refractivity contribution is 0.317. The van der Waals surface area contributed by atoms with Gasteiger partial charge in [0.1, 0.15) is 29.8 Å². The van der Waals surface area contributed by atoms with Gasteiger partial charge in [0.25, 0.3) is 0 Å². The van der Waals surface area contributed by atoms with E-state index in [0.29, 0.717) is 6.61 Å². The molecule has 3 rings (SSSR count). The summed E-state index contributed by atoms with van der Waals surface area (Å²) in [5.41, 5.74) is 2.17. The number of aryl methyl sites for hydroxylation is 1. The Morgan fingerprint density at radius 1 is 0.735 bits per heavy atom. The van der Waals surface area contributed by atoms with Gasteiger partial charge in [0.15, 0.2) is 0 Å². The van der Waals surface area contributed by atoms with Gasteiger partial charge in [-0.1, -0.05) is 114 Å². The van der Waals surface area contributed by atoms with Crippen LogP contribution < -0.4 is 0 Å². The third kappa shape index (κ3) is 8.52. The average molecular weight is 470 g/mol. The van der Waals surface area contributed by atoms with E-state index in [2.05, 4.69) is 36.2 Å². The average Bonchev–Trinajstić information content (AvgIpc) is 3.32. The van der Waals surface area contributed by atoms with Gasteiger partial charge < -0.3 is 4.74 Å². The summed E-state index contributed by atoms with van der Waals surface area (Å²) < 4.78 is 33.5. The summed E-state index contributed by atoms with van der Waals surface area (Å²) in [5, 5.41) is 0. The van der Waals surface area contributed by atoms with E-state index in [1.165, 1.54) is 107 Å². The lowest BCUT2D eigenvalue weighted by atomic mass is 10.0. The maximum atomic E-state index is 14.0. The first kappa shape index (κ1) is 26.4. The number of hydrogen-bond donors (Lipinski definition) is 0. The molecule has 34 heavy (non-hydrogen) atoms. The van der Waals surface area contributed by atoms with Gasteiger partial charge in [0, 0.05) is 0 Å². The smallest absolute Gasteiger partial charge is 0.222 e. The second kappa shape index (κ2) is 14.9. The molecular formula is C30H41F2NO. The maximum absolute atomic E-state index is 14.0. The highest BCUT2D eigenvalue weighted by Gasteiger charge is 2.26. The topological polar surface area (TPSA) is 21.6 Å². The fourth-order valence-corrected chi connectivity index (χ4v) is 4.64. The molecule has 0 N–H and O–H groups in total. The van der Waals surface area contributed by atoms with E-state index in [-0.39, 0.29) is 17.5 Å². The molecule has 0 fully saturated rings. The zero-order chi connectivity index (χ0) is 24.0. The maximum Gasteiger partial charge on any atom is 0.222 e. The summed E-state index contributed by atoms with van der Waals surface area (Å²) in [7, 11) is 0. The van der Waals surface area contributed by atoms with Crippen molar-refractivity contribution in [1.29, 1.82) is 0 Å². The molecule has 0 amide bonds. The molecule has 0 saturated heterocycles. The van der Waals surface area contributed by atoms with Crippen LogP contribution in [0, 0.1) is 11.6 Å². The van der Waals surface area contributed by atoms with Crippen LogP contribution in [0.1, 0.15) is 113 Å². The molecule has 0 saturated carbocycles. The number of rotatable bonds is 16. The predicted molar refractivity (Wildman–Crippen MR) is 137 cm³/mol. The summed E-state index contributed by atoms with van der Waals surface area (Å²) in [4.78, 5) is 4.43. The molecule has 1 atom stereocenters. The molecule has 0 aliphatic carbocycles. The van der Waals surface area contributed by atoms with Gasteiger partial charge in [-0.05, 0) is 36.1 Å². The van der Waals surface area contributed by atoms with Crippen molar-refractivity contribution >= 4 is 5.90 Å². The van der Waals surface area contributed by atoms with Crippen molar-refractivity contribution in [3.63, 3.8) is 0 Å². The molecule has 2 aromatic rings. The van der Waals surface area contributed by atoms with Crippen LogP contribution in [0.3, 0.4) is 0 Å². The van der Waals surface area contributed by atoms with Crippen molar-refractivity contribution in [2.45, 2.75) is 103 Å². The third-order valence-electron chi connectivity index (χ3n) is 6.76. The van der Waals surface area contributed by atoms with Crippen LogP contribution >= 0.6 is 0 Å². The van der Waals surface area contributed by atoms with E-state index in [4.69, 9.17) is 4.74 Å². The van der Waals surface area contributed by atoms with Crippen molar-refractivity contribution < 1.29 is 13.5 Å². The van der Waals surface area contributed by atoms with Gasteiger partial charge in [-0.3, -0.25) is 0 Å². The first-order valence-corrected chi connectivity index (χ1v) is 13.4. The predicted octanol–water partition coefficient (Wildman–Crippen LogP) is 9.12. The molecule has 4 heteroatoms. The zero-order valence-corrected chi connectivity index (χ0v) is 20.8. The number of ether oxygens (including phenoxy) is 1. The van der Waals surface area contributed by atoms with Gasteiger partial charge in [-0.15, -0.1) is 0 Å². The quantitative estimate of drug-likeness (QED) is 0.225. The number of halogens is 2. The molecule has 1 heterocycles. The summed E-state index contributed by atoms with van der Waals surface area (Å²) in [6.45, 7) is 2.58. The Hall–Kier alpha value is -2.23. The Morgan fingerprint density at radius 3 is 1.82 bits per heavy atom. The van der Waals surface area contributed by atoms with E-state index in [1.807, 2.05) is 0 Å². The Balaban J connectivity index is 1.29. The highest BCUT2D eigenvalue weighted by atomic mass is 19.1. The van der Waals surface area contributed by atoms with Crippen LogP contribution in [0.2, 0.25) is 0 Å². The van der Waals surface area contributed by atoms with Crippen molar-refractivity contribution in [3.8, 4) is 0 Å². The number of unbranched alkanes of at least 4 members (excludes halogenated alkanes) is 12. The molecule has 2 nitrogen and oxygen atoms in total. The summed E-state index contributed by atoms with van der Waals surface area (Å²) >= 11 is 0. The Labute approximate surface area is 204 Å². The molecule has 0 spiro atoms. The minimum absolute atomic E-state index is 0.0525.